The van der Waals surface area contributed by atoms with Crippen LogP contribution in [0.4, 0.5) is 0 Å². The molecule has 0 aliphatic heterocycles. The second-order valence-electron chi connectivity index (χ2n) is 3.84. The van der Waals surface area contributed by atoms with E-state index in [1.807, 2.05) is 38.1 Å². The third kappa shape index (κ3) is 3.81. The van der Waals surface area contributed by atoms with Crippen LogP contribution in [0.5, 0.6) is 0 Å². The third-order valence-electron chi connectivity index (χ3n) is 2.57. The van der Waals surface area contributed by atoms with Crippen molar-refractivity contribution in [1.29, 1.82) is 0 Å². The minimum Gasteiger partial charge on any atom is -0.255 e. The van der Waals surface area contributed by atoms with E-state index >= 15 is 0 Å². The highest BCUT2D eigenvalue weighted by atomic mass is 32.2. The SMILES string of the molecule is CC.Cc1ccc(-c2ccc(S(C)=O)cc2)cc1. The monoisotopic (exact) mass is 260 g/mol. The standard InChI is InChI=1S/C14H14OS.C2H6/c1-11-3-5-12(6-4-11)13-7-9-14(10-8-13)16(2)15;1-2/h3-10H,1-2H3;1-2H3. The van der Waals surface area contributed by atoms with Crippen molar-refractivity contribution in [2.24, 2.45) is 0 Å². The van der Waals surface area contributed by atoms with E-state index in [0.29, 0.717) is 0 Å². The maximum atomic E-state index is 11.2. The maximum absolute atomic E-state index is 11.2. The lowest BCUT2D eigenvalue weighted by atomic mass is 10.0. The van der Waals surface area contributed by atoms with Crippen molar-refractivity contribution < 1.29 is 4.21 Å². The summed E-state index contributed by atoms with van der Waals surface area (Å²) < 4.78 is 11.2. The van der Waals surface area contributed by atoms with Crippen LogP contribution in [0.15, 0.2) is 53.4 Å². The van der Waals surface area contributed by atoms with Gasteiger partial charge in [0.1, 0.15) is 0 Å². The minimum absolute atomic E-state index is 0.871. The van der Waals surface area contributed by atoms with Gasteiger partial charge in [0.25, 0.3) is 0 Å². The highest BCUT2D eigenvalue weighted by Crippen LogP contribution is 2.20. The Morgan fingerprint density at radius 1 is 0.778 bits per heavy atom. The molecule has 0 spiro atoms. The second kappa shape index (κ2) is 7.12. The van der Waals surface area contributed by atoms with Gasteiger partial charge in [-0.25, -0.2) is 0 Å². The summed E-state index contributed by atoms with van der Waals surface area (Å²) in [6, 6.07) is 16.3. The molecule has 2 rings (SSSR count). The van der Waals surface area contributed by atoms with Crippen molar-refractivity contribution in [2.45, 2.75) is 25.7 Å². The van der Waals surface area contributed by atoms with Crippen LogP contribution in [0.3, 0.4) is 0 Å². The average Bonchev–Trinajstić information content (AvgIpc) is 2.42. The Kier molecular flexibility index (Phi) is 5.79. The van der Waals surface area contributed by atoms with Gasteiger partial charge in [-0.05, 0) is 30.2 Å². The van der Waals surface area contributed by atoms with E-state index < -0.39 is 10.8 Å². The van der Waals surface area contributed by atoms with Crippen molar-refractivity contribution >= 4 is 10.8 Å². The Morgan fingerprint density at radius 2 is 1.17 bits per heavy atom. The number of aryl methyl sites for hydroxylation is 1. The second-order valence-corrected chi connectivity index (χ2v) is 5.22. The van der Waals surface area contributed by atoms with Crippen molar-refractivity contribution in [3.05, 3.63) is 54.1 Å². The van der Waals surface area contributed by atoms with Gasteiger partial charge in [-0.2, -0.15) is 0 Å². The predicted molar refractivity (Wildman–Crippen MR) is 80.3 cm³/mol. The van der Waals surface area contributed by atoms with Crippen LogP contribution < -0.4 is 0 Å². The van der Waals surface area contributed by atoms with Crippen LogP contribution in [0, 0.1) is 6.92 Å². The van der Waals surface area contributed by atoms with E-state index in [0.717, 1.165) is 10.5 Å². The van der Waals surface area contributed by atoms with Crippen molar-refractivity contribution in [3.8, 4) is 11.1 Å². The third-order valence-corrected chi connectivity index (χ3v) is 3.51. The first kappa shape index (κ1) is 14.7. The molecule has 0 saturated heterocycles. The van der Waals surface area contributed by atoms with E-state index in [4.69, 9.17) is 0 Å². The maximum Gasteiger partial charge on any atom is 0.0498 e. The molecule has 0 N–H and O–H groups in total. The van der Waals surface area contributed by atoms with Gasteiger partial charge in [-0.15, -0.1) is 0 Å². The molecule has 1 unspecified atom stereocenters. The topological polar surface area (TPSA) is 17.1 Å². The van der Waals surface area contributed by atoms with Crippen LogP contribution in [0.2, 0.25) is 0 Å². The Balaban J connectivity index is 0.000000771. The van der Waals surface area contributed by atoms with Gasteiger partial charge >= 0.3 is 0 Å². The summed E-state index contributed by atoms with van der Waals surface area (Å²) in [7, 11) is -0.897. The van der Waals surface area contributed by atoms with Crippen molar-refractivity contribution in [2.75, 3.05) is 6.26 Å². The molecule has 2 aromatic rings. The first-order chi connectivity index (χ1) is 8.66. The molecule has 0 amide bonds. The van der Waals surface area contributed by atoms with Crippen LogP contribution in [0.1, 0.15) is 19.4 Å². The molecule has 1 atom stereocenters. The minimum atomic E-state index is -0.897. The quantitative estimate of drug-likeness (QED) is 0.781. The predicted octanol–water partition coefficient (Wildman–Crippen LogP) is 4.43. The molecule has 2 heteroatoms. The average molecular weight is 260 g/mol. The highest BCUT2D eigenvalue weighted by Gasteiger charge is 1.99. The fourth-order valence-electron chi connectivity index (χ4n) is 1.59. The Morgan fingerprint density at radius 3 is 1.56 bits per heavy atom. The Labute approximate surface area is 112 Å². The van der Waals surface area contributed by atoms with E-state index in [-0.39, 0.29) is 0 Å². The summed E-state index contributed by atoms with van der Waals surface area (Å²) >= 11 is 0. The summed E-state index contributed by atoms with van der Waals surface area (Å²) in [4.78, 5) is 0.871. The van der Waals surface area contributed by atoms with Gasteiger partial charge in [0.2, 0.25) is 0 Å². The summed E-state index contributed by atoms with van der Waals surface area (Å²) in [5.74, 6) is 0. The number of benzene rings is 2. The van der Waals surface area contributed by atoms with Gasteiger partial charge in [0.15, 0.2) is 0 Å². The van der Waals surface area contributed by atoms with E-state index in [2.05, 4.69) is 31.2 Å². The molecule has 1 nitrogen and oxygen atoms in total. The van der Waals surface area contributed by atoms with Gasteiger partial charge < -0.3 is 0 Å². The van der Waals surface area contributed by atoms with E-state index in [9.17, 15) is 4.21 Å². The molecule has 0 aromatic heterocycles. The lowest BCUT2D eigenvalue weighted by molar-refractivity contribution is 0.687. The molecule has 2 aromatic carbocycles. The molecule has 0 radical (unpaired) electrons. The first-order valence-electron chi connectivity index (χ1n) is 6.17. The zero-order valence-electron chi connectivity index (χ0n) is 11.4. The molecular formula is C16H20OS. The van der Waals surface area contributed by atoms with Gasteiger partial charge in [-0.3, -0.25) is 4.21 Å². The van der Waals surface area contributed by atoms with E-state index in [1.165, 1.54) is 11.1 Å². The fraction of sp³-hybridized carbons (Fsp3) is 0.250. The summed E-state index contributed by atoms with van der Waals surface area (Å²) in [6.45, 7) is 6.08. The summed E-state index contributed by atoms with van der Waals surface area (Å²) in [5, 5.41) is 0. The van der Waals surface area contributed by atoms with Crippen molar-refractivity contribution in [3.63, 3.8) is 0 Å². The van der Waals surface area contributed by atoms with Gasteiger partial charge in [0, 0.05) is 22.0 Å². The van der Waals surface area contributed by atoms with Crippen LogP contribution in [-0.4, -0.2) is 10.5 Å². The molecule has 18 heavy (non-hydrogen) atoms. The van der Waals surface area contributed by atoms with Crippen molar-refractivity contribution in [1.82, 2.24) is 0 Å². The first-order valence-corrected chi connectivity index (χ1v) is 7.73. The molecular weight excluding hydrogens is 240 g/mol. The molecule has 0 bridgehead atoms. The molecule has 0 aliphatic rings. The lowest BCUT2D eigenvalue weighted by Gasteiger charge is -2.03. The van der Waals surface area contributed by atoms with Crippen LogP contribution in [0.25, 0.3) is 11.1 Å². The number of hydrogen-bond acceptors (Lipinski definition) is 1. The fourth-order valence-corrected chi connectivity index (χ4v) is 2.10. The summed E-state index contributed by atoms with van der Waals surface area (Å²) in [6.07, 6.45) is 1.70. The number of hydrogen-bond donors (Lipinski definition) is 0. The Hall–Kier alpha value is -1.41. The molecule has 0 aliphatic carbocycles. The molecule has 0 fully saturated rings. The highest BCUT2D eigenvalue weighted by molar-refractivity contribution is 7.84. The van der Waals surface area contributed by atoms with Crippen LogP contribution in [-0.2, 0) is 10.8 Å². The number of rotatable bonds is 2. The Bertz CT molecular complexity index is 498. The zero-order chi connectivity index (χ0) is 13.5. The lowest BCUT2D eigenvalue weighted by Crippen LogP contribution is -1.86. The molecule has 0 heterocycles. The van der Waals surface area contributed by atoms with Gasteiger partial charge in [0.05, 0.1) is 0 Å². The smallest absolute Gasteiger partial charge is 0.0498 e. The van der Waals surface area contributed by atoms with E-state index in [1.54, 1.807) is 6.26 Å². The zero-order valence-corrected chi connectivity index (χ0v) is 12.3. The van der Waals surface area contributed by atoms with Gasteiger partial charge in [-0.1, -0.05) is 55.8 Å². The van der Waals surface area contributed by atoms with Crippen LogP contribution >= 0.6 is 0 Å². The molecule has 0 saturated carbocycles. The normalized spacial score (nSPS) is 11.3. The molecule has 96 valence electrons. The summed E-state index contributed by atoms with van der Waals surface area (Å²) in [5.41, 5.74) is 3.61. The largest absolute Gasteiger partial charge is 0.255 e.